The molecule has 0 amide bonds. The van der Waals surface area contributed by atoms with Crippen LogP contribution in [0, 0.1) is 6.92 Å². The third-order valence-electron chi connectivity index (χ3n) is 4.12. The molecule has 1 N–H and O–H groups in total. The molecule has 0 saturated heterocycles. The highest BCUT2D eigenvalue weighted by atomic mass is 32.2. The van der Waals surface area contributed by atoms with Crippen LogP contribution >= 0.6 is 10.9 Å². The van der Waals surface area contributed by atoms with Crippen LogP contribution in [-0.2, 0) is 0 Å². The average Bonchev–Trinajstić information content (AvgIpc) is 3.08. The third kappa shape index (κ3) is 3.52. The Morgan fingerprint density at radius 1 is 0.760 bits per heavy atom. The zero-order valence-electron chi connectivity index (χ0n) is 14.1. The van der Waals surface area contributed by atoms with E-state index in [2.05, 4.69) is 72.2 Å². The lowest BCUT2D eigenvalue weighted by molar-refractivity contribution is 1.31. The zero-order valence-corrected chi connectivity index (χ0v) is 14.9. The van der Waals surface area contributed by atoms with Gasteiger partial charge in [-0.2, -0.15) is 0 Å². The Hall–Kier alpha value is -2.78. The van der Waals surface area contributed by atoms with E-state index in [-0.39, 0.29) is 0 Å². The molecule has 0 aromatic heterocycles. The second kappa shape index (κ2) is 6.99. The van der Waals surface area contributed by atoms with E-state index in [0.717, 1.165) is 16.6 Å². The lowest BCUT2D eigenvalue weighted by atomic mass is 10.1. The number of para-hydroxylation sites is 1. The lowest BCUT2D eigenvalue weighted by Gasteiger charge is -2.14. The maximum Gasteiger partial charge on any atom is 0.153 e. The van der Waals surface area contributed by atoms with Crippen molar-refractivity contribution in [2.45, 2.75) is 11.8 Å². The first-order chi connectivity index (χ1) is 12.3. The Bertz CT molecular complexity index is 913. The van der Waals surface area contributed by atoms with Crippen molar-refractivity contribution >= 4 is 27.4 Å². The molecule has 3 aromatic rings. The number of aryl methyl sites for hydroxylation is 1. The molecule has 0 fully saturated rings. The second-order valence-corrected chi connectivity index (χ2v) is 7.95. The predicted octanol–water partition coefficient (Wildman–Crippen LogP) is 5.64. The molecule has 3 aromatic carbocycles. The smallest absolute Gasteiger partial charge is 0.153 e. The number of thiol groups is 1. The Morgan fingerprint density at radius 3 is 2.08 bits per heavy atom. The highest BCUT2D eigenvalue weighted by Crippen LogP contribution is 2.45. The van der Waals surface area contributed by atoms with E-state index in [9.17, 15) is 0 Å². The van der Waals surface area contributed by atoms with Crippen LogP contribution in [0.15, 0.2) is 100 Å². The molecule has 2 nitrogen and oxygen atoms in total. The maximum absolute atomic E-state index is 4.89. The van der Waals surface area contributed by atoms with Gasteiger partial charge in [0.05, 0.1) is 11.4 Å². The largest absolute Gasteiger partial charge is 0.335 e. The summed E-state index contributed by atoms with van der Waals surface area (Å²) in [7, 11) is -0.621. The van der Waals surface area contributed by atoms with Gasteiger partial charge in [0, 0.05) is 0 Å². The lowest BCUT2D eigenvalue weighted by Crippen LogP contribution is -2.15. The predicted molar refractivity (Wildman–Crippen MR) is 110 cm³/mol. The minimum Gasteiger partial charge on any atom is -0.335 e. The average molecular weight is 344 g/mol. The van der Waals surface area contributed by atoms with E-state index in [0.29, 0.717) is 0 Å². The van der Waals surface area contributed by atoms with Crippen LogP contribution in [-0.4, -0.2) is 5.17 Å². The Morgan fingerprint density at radius 2 is 1.40 bits per heavy atom. The van der Waals surface area contributed by atoms with Crippen LogP contribution < -0.4 is 5.32 Å². The summed E-state index contributed by atoms with van der Waals surface area (Å²) in [5.41, 5.74) is 4.59. The van der Waals surface area contributed by atoms with Crippen molar-refractivity contribution in [2.24, 2.45) is 4.99 Å². The summed E-state index contributed by atoms with van der Waals surface area (Å²) in [6.45, 7) is 2.11. The molecule has 3 heteroatoms. The van der Waals surface area contributed by atoms with Gasteiger partial charge in [-0.3, -0.25) is 0 Å². The molecule has 0 saturated carbocycles. The number of nitrogens with one attached hydrogen (secondary N) is 1. The second-order valence-electron chi connectivity index (χ2n) is 6.01. The maximum atomic E-state index is 4.89. The molecule has 1 aliphatic rings. The van der Waals surface area contributed by atoms with Gasteiger partial charge in [-0.15, -0.1) is 10.9 Å². The van der Waals surface area contributed by atoms with Gasteiger partial charge >= 0.3 is 0 Å². The summed E-state index contributed by atoms with van der Waals surface area (Å²) >= 11 is 0. The van der Waals surface area contributed by atoms with Gasteiger partial charge in [0.15, 0.2) is 5.17 Å². The topological polar surface area (TPSA) is 24.4 Å². The minimum absolute atomic E-state index is 0.621. The van der Waals surface area contributed by atoms with Crippen LogP contribution in [0.2, 0.25) is 0 Å². The van der Waals surface area contributed by atoms with Gasteiger partial charge in [-0.1, -0.05) is 66.2 Å². The van der Waals surface area contributed by atoms with Crippen LogP contribution in [0.5, 0.6) is 0 Å². The molecular formula is C22H20N2S. The molecule has 1 heterocycles. The SMILES string of the molecule is Cc1ccc(C2=C[SH](c3ccccc3)C(=Nc3ccccc3)N2)cc1. The standard InChI is InChI=1S/C22H20N2S/c1-17-12-14-18(15-13-17)21-16-25(20-10-6-3-7-11-20)22(24-21)23-19-8-4-2-5-9-19/h2-16,25H,1H3,(H,23,24). The van der Waals surface area contributed by atoms with Crippen molar-refractivity contribution < 1.29 is 0 Å². The van der Waals surface area contributed by atoms with Crippen molar-refractivity contribution in [3.05, 3.63) is 101 Å². The molecular weight excluding hydrogens is 324 g/mol. The molecule has 0 spiro atoms. The van der Waals surface area contributed by atoms with Crippen LogP contribution in [0.3, 0.4) is 0 Å². The van der Waals surface area contributed by atoms with Crippen molar-refractivity contribution in [1.82, 2.24) is 5.32 Å². The van der Waals surface area contributed by atoms with E-state index in [1.165, 1.54) is 16.0 Å². The van der Waals surface area contributed by atoms with E-state index in [1.54, 1.807) is 0 Å². The number of hydrogen-bond acceptors (Lipinski definition) is 1. The van der Waals surface area contributed by atoms with E-state index < -0.39 is 10.9 Å². The molecule has 0 aliphatic carbocycles. The molecule has 25 heavy (non-hydrogen) atoms. The normalized spacial score (nSPS) is 19.5. The van der Waals surface area contributed by atoms with Crippen molar-refractivity contribution in [2.75, 3.05) is 0 Å². The van der Waals surface area contributed by atoms with Crippen LogP contribution in [0.25, 0.3) is 5.70 Å². The Labute approximate surface area is 151 Å². The molecule has 1 aliphatic heterocycles. The summed E-state index contributed by atoms with van der Waals surface area (Å²) in [5.74, 6) is 0. The fraction of sp³-hybridized carbons (Fsp3) is 0.0455. The van der Waals surface area contributed by atoms with E-state index in [4.69, 9.17) is 4.99 Å². The number of hydrogen-bond donors (Lipinski definition) is 2. The molecule has 0 radical (unpaired) electrons. The zero-order chi connectivity index (χ0) is 17.1. The number of amidine groups is 1. The summed E-state index contributed by atoms with van der Waals surface area (Å²) in [5, 5.41) is 6.92. The number of rotatable bonds is 3. The van der Waals surface area contributed by atoms with Gasteiger partial charge < -0.3 is 5.32 Å². The highest BCUT2D eigenvalue weighted by Gasteiger charge is 2.22. The first-order valence-electron chi connectivity index (χ1n) is 8.33. The van der Waals surface area contributed by atoms with Gasteiger partial charge in [0.1, 0.15) is 0 Å². The molecule has 1 unspecified atom stereocenters. The molecule has 0 bridgehead atoms. The summed E-state index contributed by atoms with van der Waals surface area (Å²) in [6.07, 6.45) is 0. The van der Waals surface area contributed by atoms with Crippen LogP contribution in [0.1, 0.15) is 11.1 Å². The Kier molecular flexibility index (Phi) is 4.40. The van der Waals surface area contributed by atoms with Gasteiger partial charge in [-0.05, 0) is 47.1 Å². The number of aliphatic imine (C=N–C) groups is 1. The van der Waals surface area contributed by atoms with Gasteiger partial charge in [0.25, 0.3) is 0 Å². The molecule has 4 rings (SSSR count). The van der Waals surface area contributed by atoms with Gasteiger partial charge in [-0.25, -0.2) is 4.99 Å². The Balaban J connectivity index is 1.74. The fourth-order valence-corrected chi connectivity index (χ4v) is 4.72. The summed E-state index contributed by atoms with van der Waals surface area (Å²) in [4.78, 5) is 6.20. The molecule has 1 atom stereocenters. The van der Waals surface area contributed by atoms with E-state index in [1.807, 2.05) is 30.3 Å². The first kappa shape index (κ1) is 15.7. The molecule has 124 valence electrons. The van der Waals surface area contributed by atoms with E-state index >= 15 is 0 Å². The third-order valence-corrected chi connectivity index (χ3v) is 6.16. The van der Waals surface area contributed by atoms with Crippen LogP contribution in [0.4, 0.5) is 5.69 Å². The van der Waals surface area contributed by atoms with Crippen molar-refractivity contribution in [3.63, 3.8) is 0 Å². The highest BCUT2D eigenvalue weighted by molar-refractivity contribution is 8.32. The van der Waals surface area contributed by atoms with Crippen molar-refractivity contribution in [3.8, 4) is 0 Å². The summed E-state index contributed by atoms with van der Waals surface area (Å²) < 4.78 is 0. The number of nitrogens with zero attached hydrogens (tertiary/aromatic N) is 1. The summed E-state index contributed by atoms with van der Waals surface area (Å²) in [6, 6.07) is 29.4. The number of benzene rings is 3. The fourth-order valence-electron chi connectivity index (χ4n) is 2.78. The first-order valence-corrected chi connectivity index (χ1v) is 9.74. The minimum atomic E-state index is -0.621. The van der Waals surface area contributed by atoms with Crippen molar-refractivity contribution in [1.29, 1.82) is 0 Å². The van der Waals surface area contributed by atoms with Gasteiger partial charge in [0.2, 0.25) is 0 Å². The monoisotopic (exact) mass is 344 g/mol. The quantitative estimate of drug-likeness (QED) is 0.590.